The van der Waals surface area contributed by atoms with Gasteiger partial charge >= 0.3 is 0 Å². The van der Waals surface area contributed by atoms with Gasteiger partial charge in [-0.1, -0.05) is 31.2 Å². The van der Waals surface area contributed by atoms with Gasteiger partial charge in [0.15, 0.2) is 0 Å². The number of aromatic nitrogens is 1. The van der Waals surface area contributed by atoms with Crippen molar-refractivity contribution >= 4 is 39.9 Å². The van der Waals surface area contributed by atoms with E-state index >= 15 is 0 Å². The number of aromatic amines is 1. The van der Waals surface area contributed by atoms with E-state index in [2.05, 4.69) is 32.9 Å². The fourth-order valence-electron chi connectivity index (χ4n) is 3.72. The third-order valence-corrected chi connectivity index (χ3v) is 6.43. The van der Waals surface area contributed by atoms with Crippen molar-refractivity contribution in [1.29, 1.82) is 0 Å². The number of fused-ring (bicyclic) bond motifs is 1. The van der Waals surface area contributed by atoms with E-state index in [-0.39, 0.29) is 5.83 Å². The maximum atomic E-state index is 13.4. The molecule has 2 heterocycles. The van der Waals surface area contributed by atoms with E-state index < -0.39 is 11.0 Å². The number of hydrogen-bond donors (Lipinski definition) is 2. The normalized spacial score (nSPS) is 17.2. The number of halogens is 1. The number of rotatable bonds is 6. The summed E-state index contributed by atoms with van der Waals surface area (Å²) >= 11 is 0. The second kappa shape index (κ2) is 9.39. The van der Waals surface area contributed by atoms with Crippen molar-refractivity contribution in [3.63, 3.8) is 0 Å². The van der Waals surface area contributed by atoms with Crippen LogP contribution in [0.2, 0.25) is 0 Å². The summed E-state index contributed by atoms with van der Waals surface area (Å²) in [6, 6.07) is 10.1. The van der Waals surface area contributed by atoms with Crippen LogP contribution < -0.4 is 4.72 Å². The smallest absolute Gasteiger partial charge is 0.137 e. The third-order valence-electron chi connectivity index (χ3n) is 5.19. The van der Waals surface area contributed by atoms with E-state index in [1.165, 1.54) is 0 Å². The molecule has 1 aromatic heterocycles. The number of H-pyrrole nitrogens is 1. The highest BCUT2D eigenvalue weighted by Gasteiger charge is 2.18. The predicted molar refractivity (Wildman–Crippen MR) is 125 cm³/mol. The molecule has 1 unspecified atom stereocenters. The van der Waals surface area contributed by atoms with Crippen LogP contribution in [0.4, 0.5) is 15.9 Å². The van der Waals surface area contributed by atoms with Gasteiger partial charge in [0.1, 0.15) is 22.6 Å². The zero-order valence-corrected chi connectivity index (χ0v) is 17.9. The van der Waals surface area contributed by atoms with E-state index in [0.717, 1.165) is 58.7 Å². The van der Waals surface area contributed by atoms with Gasteiger partial charge in [0.25, 0.3) is 0 Å². The van der Waals surface area contributed by atoms with E-state index in [0.29, 0.717) is 18.6 Å². The first kappa shape index (κ1) is 20.5. The average Bonchev–Trinajstić information content (AvgIpc) is 3.12. The van der Waals surface area contributed by atoms with Crippen LogP contribution in [-0.2, 0) is 11.0 Å². The van der Waals surface area contributed by atoms with Crippen molar-refractivity contribution in [2.75, 3.05) is 10.5 Å². The Morgan fingerprint density at radius 2 is 2.10 bits per heavy atom. The number of benzene rings is 1. The highest BCUT2D eigenvalue weighted by atomic mass is 32.2. The second-order valence-electron chi connectivity index (χ2n) is 7.49. The van der Waals surface area contributed by atoms with Crippen LogP contribution in [0.1, 0.15) is 55.8 Å². The Balaban J connectivity index is 1.70. The first-order valence-corrected chi connectivity index (χ1v) is 11.7. The number of aliphatic imine (C=N–C) groups is 1. The quantitative estimate of drug-likeness (QED) is 0.550. The minimum atomic E-state index is -1.08. The van der Waals surface area contributed by atoms with Crippen molar-refractivity contribution in [3.05, 3.63) is 71.2 Å². The lowest BCUT2D eigenvalue weighted by atomic mass is 9.95. The summed E-state index contributed by atoms with van der Waals surface area (Å²) in [6.07, 6.45) is 11.3. The Bertz CT molecular complexity index is 1080. The zero-order chi connectivity index (χ0) is 20.9. The van der Waals surface area contributed by atoms with Crippen molar-refractivity contribution in [3.8, 4) is 0 Å². The van der Waals surface area contributed by atoms with Crippen molar-refractivity contribution in [2.45, 2.75) is 39.0 Å². The van der Waals surface area contributed by atoms with Gasteiger partial charge in [-0.2, -0.15) is 0 Å². The molecule has 1 atom stereocenters. The van der Waals surface area contributed by atoms with Gasteiger partial charge in [-0.15, -0.1) is 0 Å². The summed E-state index contributed by atoms with van der Waals surface area (Å²) in [5.41, 5.74) is 6.10. The molecule has 0 radical (unpaired) electrons. The number of anilines is 1. The van der Waals surface area contributed by atoms with E-state index in [4.69, 9.17) is 0 Å². The molecule has 1 aliphatic carbocycles. The fraction of sp³-hybridized carbons (Fsp3) is 0.292. The molecular weight excluding hydrogens is 397 g/mol. The van der Waals surface area contributed by atoms with E-state index in [9.17, 15) is 8.60 Å². The molecule has 0 amide bonds. The molecule has 2 aliphatic rings. The van der Waals surface area contributed by atoms with Gasteiger partial charge in [0, 0.05) is 35.3 Å². The molecular formula is C24H26FN3OS. The van der Waals surface area contributed by atoms with Crippen LogP contribution in [0.5, 0.6) is 0 Å². The Morgan fingerprint density at radius 1 is 1.20 bits per heavy atom. The summed E-state index contributed by atoms with van der Waals surface area (Å²) in [6.45, 7) is 2.02. The summed E-state index contributed by atoms with van der Waals surface area (Å²) in [5.74, 6) is 1.36. The van der Waals surface area contributed by atoms with E-state index in [1.54, 1.807) is 6.08 Å². The van der Waals surface area contributed by atoms with Crippen LogP contribution in [0.15, 0.2) is 59.4 Å². The van der Waals surface area contributed by atoms with Crippen LogP contribution >= 0.6 is 0 Å². The van der Waals surface area contributed by atoms with Crippen LogP contribution in [-0.4, -0.2) is 21.2 Å². The molecule has 0 saturated heterocycles. The molecule has 4 nitrogen and oxygen atoms in total. The van der Waals surface area contributed by atoms with Crippen LogP contribution in [0.25, 0.3) is 11.1 Å². The first-order chi connectivity index (χ1) is 14.6. The average molecular weight is 424 g/mol. The Morgan fingerprint density at radius 3 is 2.90 bits per heavy atom. The van der Waals surface area contributed by atoms with Crippen molar-refractivity contribution in [1.82, 2.24) is 4.98 Å². The largest absolute Gasteiger partial charge is 0.339 e. The lowest BCUT2D eigenvalue weighted by Crippen LogP contribution is -2.07. The molecule has 4 rings (SSSR count). The molecule has 6 heteroatoms. The maximum absolute atomic E-state index is 13.4. The molecule has 1 aromatic carbocycles. The summed E-state index contributed by atoms with van der Waals surface area (Å²) < 4.78 is 28.6. The maximum Gasteiger partial charge on any atom is 0.137 e. The molecule has 0 saturated carbocycles. The van der Waals surface area contributed by atoms with Crippen LogP contribution in [0.3, 0.4) is 0 Å². The van der Waals surface area contributed by atoms with Gasteiger partial charge in [0.05, 0.1) is 0 Å². The van der Waals surface area contributed by atoms with Crippen molar-refractivity contribution in [2.24, 2.45) is 4.99 Å². The van der Waals surface area contributed by atoms with Gasteiger partial charge < -0.3 is 9.71 Å². The fourth-order valence-corrected chi connectivity index (χ4v) is 4.58. The molecule has 0 bridgehead atoms. The van der Waals surface area contributed by atoms with E-state index in [1.807, 2.05) is 37.4 Å². The summed E-state index contributed by atoms with van der Waals surface area (Å²) in [7, 11) is -1.08. The number of nitrogens with zero attached hydrogens (tertiary/aromatic N) is 1. The highest BCUT2D eigenvalue weighted by molar-refractivity contribution is 7.86. The zero-order valence-electron chi connectivity index (χ0n) is 17.1. The summed E-state index contributed by atoms with van der Waals surface area (Å²) in [4.78, 5) is 8.07. The Labute approximate surface area is 179 Å². The minimum Gasteiger partial charge on any atom is -0.339 e. The van der Waals surface area contributed by atoms with Gasteiger partial charge in [-0.25, -0.2) is 13.6 Å². The standard InChI is InChI=1S/C24H26FN3OS/c1-2-14-30(29)28-20-7-5-6-18(15-20)21-8-3-4-13-26-24-22(21)16-23(27-24)17-9-11-19(25)12-10-17/h5-9,11,13,15-16,27-28H,2-4,10,12,14H2,1H3. The van der Waals surface area contributed by atoms with Crippen LogP contribution in [0, 0.1) is 0 Å². The monoisotopic (exact) mass is 423 g/mol. The molecule has 0 fully saturated rings. The lowest BCUT2D eigenvalue weighted by molar-refractivity contribution is 0.590. The topological polar surface area (TPSA) is 57.2 Å². The molecule has 156 valence electrons. The van der Waals surface area contributed by atoms with Gasteiger partial charge in [-0.05, 0) is 66.7 Å². The molecule has 2 aromatic rings. The SMILES string of the molecule is CCCS(=O)Nc1cccc(C2=CCCC=Nc3[nH]c(C4=CC=C(F)CC4)cc32)c1. The second-order valence-corrected chi connectivity index (χ2v) is 8.79. The number of allylic oxidation sites excluding steroid dienone is 5. The Hall–Kier alpha value is -2.73. The lowest BCUT2D eigenvalue weighted by Gasteiger charge is -2.12. The highest BCUT2D eigenvalue weighted by Crippen LogP contribution is 2.37. The van der Waals surface area contributed by atoms with Crippen molar-refractivity contribution < 1.29 is 8.60 Å². The van der Waals surface area contributed by atoms with Gasteiger partial charge in [0.2, 0.25) is 0 Å². The minimum absolute atomic E-state index is 0.0768. The summed E-state index contributed by atoms with van der Waals surface area (Å²) in [5, 5.41) is 0. The first-order valence-electron chi connectivity index (χ1n) is 10.4. The predicted octanol–water partition coefficient (Wildman–Crippen LogP) is 6.46. The molecule has 2 N–H and O–H groups in total. The third kappa shape index (κ3) is 4.70. The molecule has 0 spiro atoms. The number of nitrogens with one attached hydrogen (secondary N) is 2. The molecule has 1 aliphatic heterocycles. The number of hydrogen-bond acceptors (Lipinski definition) is 2. The van der Waals surface area contributed by atoms with Gasteiger partial charge in [-0.3, -0.25) is 0 Å². The Kier molecular flexibility index (Phi) is 6.43. The molecule has 30 heavy (non-hydrogen) atoms.